The number of aryl methyl sites for hydroxylation is 2. The van der Waals surface area contributed by atoms with Gasteiger partial charge in [-0.05, 0) is 113 Å². The van der Waals surface area contributed by atoms with E-state index in [9.17, 15) is 0 Å². The Hall–Kier alpha value is -2.23. The van der Waals surface area contributed by atoms with Crippen molar-refractivity contribution in [3.05, 3.63) is 82.7 Å². The number of likely N-dealkylation sites (tertiary alicyclic amines) is 1. The summed E-state index contributed by atoms with van der Waals surface area (Å²) in [6, 6.07) is 13.7. The van der Waals surface area contributed by atoms with Crippen molar-refractivity contribution in [2.24, 2.45) is 0 Å². The summed E-state index contributed by atoms with van der Waals surface area (Å²) in [5.41, 5.74) is 9.01. The maximum atomic E-state index is 6.34. The summed E-state index contributed by atoms with van der Waals surface area (Å²) in [7, 11) is 0. The zero-order valence-electron chi connectivity index (χ0n) is 22.1. The average Bonchev–Trinajstić information content (AvgIpc) is 3.11. The standard InChI is InChI=1S/C31H42ClN3/c1-7-23(5)35(22(3)4)30-14-11-25(20-26(30)8-2)10-9-17-34-18-15-31(16-19-34)24(6)33-29-13-12-27(32)21-28(29)31/h11-14,20-21,23,33H,3,6-10,15-19H2,1-2,4-5H3. The van der Waals surface area contributed by atoms with Crippen LogP contribution < -0.4 is 10.2 Å². The molecular weight excluding hydrogens is 450 g/mol. The zero-order valence-corrected chi connectivity index (χ0v) is 22.8. The second kappa shape index (κ2) is 10.8. The lowest BCUT2D eigenvalue weighted by Gasteiger charge is -2.40. The van der Waals surface area contributed by atoms with Gasteiger partial charge in [-0.3, -0.25) is 0 Å². The molecule has 1 atom stereocenters. The third-order valence-electron chi connectivity index (χ3n) is 8.24. The summed E-state index contributed by atoms with van der Waals surface area (Å²) >= 11 is 6.34. The van der Waals surface area contributed by atoms with E-state index in [4.69, 9.17) is 11.6 Å². The van der Waals surface area contributed by atoms with E-state index >= 15 is 0 Å². The lowest BCUT2D eigenvalue weighted by Crippen LogP contribution is -2.43. The zero-order chi connectivity index (χ0) is 25.2. The van der Waals surface area contributed by atoms with E-state index < -0.39 is 0 Å². The minimum atomic E-state index is 0.0351. The molecular formula is C31H42ClN3. The van der Waals surface area contributed by atoms with Gasteiger partial charge >= 0.3 is 0 Å². The van der Waals surface area contributed by atoms with Crippen molar-refractivity contribution < 1.29 is 0 Å². The summed E-state index contributed by atoms with van der Waals surface area (Å²) in [5.74, 6) is 0. The van der Waals surface area contributed by atoms with Gasteiger partial charge in [-0.2, -0.15) is 0 Å². The van der Waals surface area contributed by atoms with E-state index in [-0.39, 0.29) is 5.41 Å². The molecule has 1 fully saturated rings. The van der Waals surface area contributed by atoms with Crippen LogP contribution in [0.1, 0.15) is 70.1 Å². The number of benzene rings is 2. The van der Waals surface area contributed by atoms with Gasteiger partial charge in [0.1, 0.15) is 0 Å². The number of hydrogen-bond acceptors (Lipinski definition) is 3. The molecule has 3 nitrogen and oxygen atoms in total. The van der Waals surface area contributed by atoms with E-state index in [1.54, 1.807) is 0 Å². The molecule has 188 valence electrons. The van der Waals surface area contributed by atoms with Gasteiger partial charge in [0.25, 0.3) is 0 Å². The Morgan fingerprint density at radius 3 is 2.57 bits per heavy atom. The maximum absolute atomic E-state index is 6.34. The van der Waals surface area contributed by atoms with Gasteiger partial charge in [0.15, 0.2) is 0 Å². The summed E-state index contributed by atoms with van der Waals surface area (Å²) in [6.45, 7) is 20.9. The minimum absolute atomic E-state index is 0.0351. The van der Waals surface area contributed by atoms with Gasteiger partial charge < -0.3 is 15.1 Å². The lowest BCUT2D eigenvalue weighted by molar-refractivity contribution is 0.179. The van der Waals surface area contributed by atoms with Gasteiger partial charge in [0.05, 0.1) is 0 Å². The van der Waals surface area contributed by atoms with E-state index in [1.807, 2.05) is 6.07 Å². The number of nitrogens with one attached hydrogen (secondary N) is 1. The van der Waals surface area contributed by atoms with Crippen LogP contribution in [0.15, 0.2) is 61.0 Å². The van der Waals surface area contributed by atoms with Crippen molar-refractivity contribution in [3.63, 3.8) is 0 Å². The fourth-order valence-corrected chi connectivity index (χ4v) is 6.19. The second-order valence-corrected chi connectivity index (χ2v) is 10.9. The molecule has 2 aromatic carbocycles. The number of anilines is 2. The van der Waals surface area contributed by atoms with Crippen LogP contribution in [0.2, 0.25) is 5.02 Å². The van der Waals surface area contributed by atoms with Gasteiger partial charge in [-0.1, -0.05) is 50.7 Å². The second-order valence-electron chi connectivity index (χ2n) is 10.5. The Balaban J connectivity index is 1.35. The quantitative estimate of drug-likeness (QED) is 0.384. The molecule has 35 heavy (non-hydrogen) atoms. The van der Waals surface area contributed by atoms with E-state index in [0.717, 1.165) is 68.2 Å². The van der Waals surface area contributed by atoms with Crippen LogP contribution in [0.5, 0.6) is 0 Å². The highest BCUT2D eigenvalue weighted by atomic mass is 35.5. The van der Waals surface area contributed by atoms with Gasteiger partial charge in [0, 0.05) is 39.2 Å². The van der Waals surface area contributed by atoms with Crippen molar-refractivity contribution in [2.45, 2.75) is 77.7 Å². The molecule has 2 aromatic rings. The van der Waals surface area contributed by atoms with Crippen molar-refractivity contribution in [3.8, 4) is 0 Å². The molecule has 0 aliphatic carbocycles. The molecule has 0 radical (unpaired) electrons. The van der Waals surface area contributed by atoms with E-state index in [1.165, 1.54) is 34.5 Å². The van der Waals surface area contributed by atoms with Crippen LogP contribution >= 0.6 is 11.6 Å². The molecule has 0 amide bonds. The average molecular weight is 492 g/mol. The predicted molar refractivity (Wildman–Crippen MR) is 153 cm³/mol. The van der Waals surface area contributed by atoms with Gasteiger partial charge in [0.2, 0.25) is 0 Å². The molecule has 0 bridgehead atoms. The third-order valence-corrected chi connectivity index (χ3v) is 8.47. The monoisotopic (exact) mass is 491 g/mol. The van der Waals surface area contributed by atoms with Crippen LogP contribution in [-0.4, -0.2) is 30.6 Å². The van der Waals surface area contributed by atoms with Crippen molar-refractivity contribution in [2.75, 3.05) is 29.9 Å². The summed E-state index contributed by atoms with van der Waals surface area (Å²) in [6.07, 6.45) is 6.67. The summed E-state index contributed by atoms with van der Waals surface area (Å²) in [5, 5.41) is 4.34. The Bertz CT molecular complexity index is 1080. The number of hydrogen-bond donors (Lipinski definition) is 1. The molecule has 2 heterocycles. The summed E-state index contributed by atoms with van der Waals surface area (Å²) in [4.78, 5) is 5.03. The first-order valence-electron chi connectivity index (χ1n) is 13.3. The van der Waals surface area contributed by atoms with Crippen molar-refractivity contribution >= 4 is 23.0 Å². The number of rotatable bonds is 9. The van der Waals surface area contributed by atoms with Crippen molar-refractivity contribution in [1.29, 1.82) is 0 Å². The first kappa shape index (κ1) is 25.9. The first-order chi connectivity index (χ1) is 16.8. The van der Waals surface area contributed by atoms with Crippen LogP contribution in [0.4, 0.5) is 11.4 Å². The Morgan fingerprint density at radius 1 is 1.17 bits per heavy atom. The topological polar surface area (TPSA) is 18.5 Å². The summed E-state index contributed by atoms with van der Waals surface area (Å²) < 4.78 is 0. The third kappa shape index (κ3) is 5.17. The smallest absolute Gasteiger partial charge is 0.0443 e. The number of fused-ring (bicyclic) bond motifs is 2. The Kier molecular flexibility index (Phi) is 7.98. The Morgan fingerprint density at radius 2 is 1.91 bits per heavy atom. The maximum Gasteiger partial charge on any atom is 0.0443 e. The molecule has 4 rings (SSSR count). The molecule has 1 unspecified atom stereocenters. The van der Waals surface area contributed by atoms with Gasteiger partial charge in [-0.25, -0.2) is 0 Å². The SMILES string of the molecule is C=C(C)N(c1ccc(CCCN2CCC3(CC2)C(=C)Nc2ccc(Cl)cc23)cc1CC)C(C)CC. The molecule has 4 heteroatoms. The molecule has 2 aliphatic rings. The van der Waals surface area contributed by atoms with Crippen LogP contribution in [0.25, 0.3) is 0 Å². The van der Waals surface area contributed by atoms with E-state index in [2.05, 4.69) is 86.3 Å². The molecule has 1 spiro atoms. The largest absolute Gasteiger partial charge is 0.358 e. The van der Waals surface area contributed by atoms with Crippen molar-refractivity contribution in [1.82, 2.24) is 4.90 Å². The number of halogens is 1. The molecule has 1 saturated heterocycles. The predicted octanol–water partition coefficient (Wildman–Crippen LogP) is 7.95. The number of allylic oxidation sites excluding steroid dienone is 2. The van der Waals surface area contributed by atoms with Crippen LogP contribution in [0, 0.1) is 0 Å². The normalized spacial score (nSPS) is 17.8. The highest BCUT2D eigenvalue weighted by Crippen LogP contribution is 2.50. The highest BCUT2D eigenvalue weighted by Gasteiger charge is 2.44. The van der Waals surface area contributed by atoms with Gasteiger partial charge in [-0.15, -0.1) is 0 Å². The highest BCUT2D eigenvalue weighted by molar-refractivity contribution is 6.30. The first-order valence-corrected chi connectivity index (χ1v) is 13.7. The van der Waals surface area contributed by atoms with Crippen LogP contribution in [0.3, 0.4) is 0 Å². The lowest BCUT2D eigenvalue weighted by atomic mass is 9.72. The molecule has 2 aliphatic heterocycles. The Labute approximate surface area is 217 Å². The van der Waals surface area contributed by atoms with Crippen LogP contribution in [-0.2, 0) is 18.3 Å². The molecule has 0 aromatic heterocycles. The number of nitrogens with zero attached hydrogens (tertiary/aromatic N) is 2. The number of piperidine rings is 1. The molecule has 1 N–H and O–H groups in total. The van der Waals surface area contributed by atoms with E-state index in [0.29, 0.717) is 6.04 Å². The fraction of sp³-hybridized carbons (Fsp3) is 0.484. The molecule has 0 saturated carbocycles. The minimum Gasteiger partial charge on any atom is -0.358 e. The fourth-order valence-electron chi connectivity index (χ4n) is 6.02.